The van der Waals surface area contributed by atoms with E-state index >= 15 is 0 Å². The zero-order chi connectivity index (χ0) is 13.3. The Labute approximate surface area is 110 Å². The second-order valence-electron chi connectivity index (χ2n) is 4.82. The lowest BCUT2D eigenvalue weighted by Gasteiger charge is -2.33. The first-order chi connectivity index (χ1) is 9.23. The van der Waals surface area contributed by atoms with Gasteiger partial charge in [-0.2, -0.15) is 5.26 Å². The molecular formula is C15H12FN3. The predicted octanol–water partition coefficient (Wildman–Crippen LogP) is 3.23. The number of nitriles is 1. The molecule has 1 aliphatic carbocycles. The summed E-state index contributed by atoms with van der Waals surface area (Å²) in [5, 5.41) is 9.31. The fourth-order valence-electron chi connectivity index (χ4n) is 2.29. The van der Waals surface area contributed by atoms with E-state index in [1.54, 1.807) is 24.4 Å². The molecular weight excluding hydrogens is 241 g/mol. The lowest BCUT2D eigenvalue weighted by Crippen LogP contribution is -2.34. The van der Waals surface area contributed by atoms with E-state index in [1.807, 2.05) is 0 Å². The van der Waals surface area contributed by atoms with Gasteiger partial charge in [0.05, 0.1) is 11.8 Å². The quantitative estimate of drug-likeness (QED) is 0.825. The highest BCUT2D eigenvalue weighted by atomic mass is 19.1. The first kappa shape index (κ1) is 11.8. The Bertz CT molecular complexity index is 639. The summed E-state index contributed by atoms with van der Waals surface area (Å²) in [6.45, 7) is 0. The highest BCUT2D eigenvalue weighted by molar-refractivity contribution is 5.58. The van der Waals surface area contributed by atoms with Crippen molar-refractivity contribution in [3.05, 3.63) is 48.2 Å². The number of nitrogens with zero attached hydrogens (tertiary/aromatic N) is 3. The minimum Gasteiger partial charge on any atom is -0.240 e. The molecule has 94 valence electrons. The van der Waals surface area contributed by atoms with Crippen LogP contribution in [0.3, 0.4) is 0 Å². The molecule has 0 spiro atoms. The van der Waals surface area contributed by atoms with Crippen molar-refractivity contribution in [3.8, 4) is 17.3 Å². The maximum atomic E-state index is 12.9. The SMILES string of the molecule is N#CC1(c2nccc(-c3ccc(F)cc3)n2)CCC1. The third-order valence-electron chi connectivity index (χ3n) is 3.64. The Morgan fingerprint density at radius 1 is 1.16 bits per heavy atom. The summed E-state index contributed by atoms with van der Waals surface area (Å²) in [5.74, 6) is 0.314. The van der Waals surface area contributed by atoms with Gasteiger partial charge in [-0.1, -0.05) is 0 Å². The monoisotopic (exact) mass is 253 g/mol. The van der Waals surface area contributed by atoms with Crippen molar-refractivity contribution in [2.24, 2.45) is 0 Å². The van der Waals surface area contributed by atoms with E-state index in [1.165, 1.54) is 12.1 Å². The average molecular weight is 253 g/mol. The number of rotatable bonds is 2. The fourth-order valence-corrected chi connectivity index (χ4v) is 2.29. The van der Waals surface area contributed by atoms with Crippen molar-refractivity contribution in [2.75, 3.05) is 0 Å². The van der Waals surface area contributed by atoms with Gasteiger partial charge in [0, 0.05) is 11.8 Å². The lowest BCUT2D eigenvalue weighted by atomic mass is 9.69. The van der Waals surface area contributed by atoms with Gasteiger partial charge in [-0.25, -0.2) is 14.4 Å². The highest BCUT2D eigenvalue weighted by Crippen LogP contribution is 2.41. The van der Waals surface area contributed by atoms with Crippen LogP contribution in [0, 0.1) is 17.1 Å². The van der Waals surface area contributed by atoms with Crippen molar-refractivity contribution in [1.82, 2.24) is 9.97 Å². The molecule has 0 N–H and O–H groups in total. The van der Waals surface area contributed by atoms with Gasteiger partial charge >= 0.3 is 0 Å². The van der Waals surface area contributed by atoms with E-state index in [0.717, 1.165) is 30.5 Å². The van der Waals surface area contributed by atoms with Crippen molar-refractivity contribution < 1.29 is 4.39 Å². The molecule has 0 atom stereocenters. The zero-order valence-electron chi connectivity index (χ0n) is 10.3. The molecule has 0 amide bonds. The van der Waals surface area contributed by atoms with Gasteiger partial charge in [-0.15, -0.1) is 0 Å². The molecule has 2 aromatic rings. The van der Waals surface area contributed by atoms with Gasteiger partial charge in [0.15, 0.2) is 0 Å². The van der Waals surface area contributed by atoms with Crippen molar-refractivity contribution in [2.45, 2.75) is 24.7 Å². The summed E-state index contributed by atoms with van der Waals surface area (Å²) < 4.78 is 12.9. The van der Waals surface area contributed by atoms with Crippen LogP contribution in [0.1, 0.15) is 25.1 Å². The van der Waals surface area contributed by atoms with Crippen LogP contribution in [-0.4, -0.2) is 9.97 Å². The van der Waals surface area contributed by atoms with E-state index in [0.29, 0.717) is 5.82 Å². The number of aromatic nitrogens is 2. The Hall–Kier alpha value is -2.28. The summed E-state index contributed by atoms with van der Waals surface area (Å²) in [4.78, 5) is 8.72. The van der Waals surface area contributed by atoms with Crippen LogP contribution in [0.5, 0.6) is 0 Å². The second kappa shape index (κ2) is 4.43. The van der Waals surface area contributed by atoms with Gasteiger partial charge in [0.1, 0.15) is 17.1 Å². The van der Waals surface area contributed by atoms with E-state index < -0.39 is 5.41 Å². The first-order valence-electron chi connectivity index (χ1n) is 6.24. The highest BCUT2D eigenvalue weighted by Gasteiger charge is 2.41. The van der Waals surface area contributed by atoms with Crippen molar-refractivity contribution >= 4 is 0 Å². The molecule has 0 aliphatic heterocycles. The summed E-state index contributed by atoms with van der Waals surface area (Å²) in [6, 6.07) is 10.3. The smallest absolute Gasteiger partial charge is 0.149 e. The van der Waals surface area contributed by atoms with Crippen molar-refractivity contribution in [3.63, 3.8) is 0 Å². The summed E-state index contributed by atoms with van der Waals surface area (Å²) in [7, 11) is 0. The number of halogens is 1. The van der Waals surface area contributed by atoms with Crippen LogP contribution in [0.15, 0.2) is 36.5 Å². The van der Waals surface area contributed by atoms with E-state index in [-0.39, 0.29) is 5.82 Å². The van der Waals surface area contributed by atoms with Crippen LogP contribution in [-0.2, 0) is 5.41 Å². The lowest BCUT2D eigenvalue weighted by molar-refractivity contribution is 0.307. The van der Waals surface area contributed by atoms with Crippen LogP contribution >= 0.6 is 0 Å². The Balaban J connectivity index is 2.01. The van der Waals surface area contributed by atoms with Crippen LogP contribution < -0.4 is 0 Å². The molecule has 1 aromatic carbocycles. The molecule has 3 rings (SSSR count). The number of hydrogen-bond donors (Lipinski definition) is 0. The Morgan fingerprint density at radius 3 is 2.47 bits per heavy atom. The normalized spacial score (nSPS) is 16.4. The predicted molar refractivity (Wildman–Crippen MR) is 68.6 cm³/mol. The summed E-state index contributed by atoms with van der Waals surface area (Å²) in [5.41, 5.74) is 1.04. The number of hydrogen-bond acceptors (Lipinski definition) is 3. The fraction of sp³-hybridized carbons (Fsp3) is 0.267. The molecule has 1 fully saturated rings. The van der Waals surface area contributed by atoms with Gasteiger partial charge in [0.2, 0.25) is 0 Å². The van der Waals surface area contributed by atoms with E-state index in [9.17, 15) is 9.65 Å². The molecule has 1 aliphatic rings. The molecule has 0 radical (unpaired) electrons. The topological polar surface area (TPSA) is 49.6 Å². The molecule has 3 nitrogen and oxygen atoms in total. The van der Waals surface area contributed by atoms with E-state index in [4.69, 9.17) is 0 Å². The average Bonchev–Trinajstić information content (AvgIpc) is 2.39. The molecule has 1 saturated carbocycles. The maximum Gasteiger partial charge on any atom is 0.149 e. The molecule has 0 bridgehead atoms. The van der Waals surface area contributed by atoms with Gasteiger partial charge < -0.3 is 0 Å². The van der Waals surface area contributed by atoms with Crippen molar-refractivity contribution in [1.29, 1.82) is 5.26 Å². The number of benzene rings is 1. The second-order valence-corrected chi connectivity index (χ2v) is 4.82. The van der Waals surface area contributed by atoms with Gasteiger partial charge in [-0.05, 0) is 49.6 Å². The molecule has 0 saturated heterocycles. The molecule has 19 heavy (non-hydrogen) atoms. The van der Waals surface area contributed by atoms with Gasteiger partial charge in [-0.3, -0.25) is 0 Å². The van der Waals surface area contributed by atoms with Crippen LogP contribution in [0.2, 0.25) is 0 Å². The standard InChI is InChI=1S/C15H12FN3/c16-12-4-2-11(3-5-12)13-6-9-18-14(19-13)15(10-17)7-1-8-15/h2-6,9H,1,7-8H2. The van der Waals surface area contributed by atoms with Crippen LogP contribution in [0.4, 0.5) is 4.39 Å². The molecule has 1 aromatic heterocycles. The molecule has 0 unspecified atom stereocenters. The summed E-state index contributed by atoms with van der Waals surface area (Å²) in [6.07, 6.45) is 4.34. The van der Waals surface area contributed by atoms with E-state index in [2.05, 4.69) is 16.0 Å². The molecule has 4 heteroatoms. The zero-order valence-corrected chi connectivity index (χ0v) is 10.3. The van der Waals surface area contributed by atoms with Crippen LogP contribution in [0.25, 0.3) is 11.3 Å². The molecule has 1 heterocycles. The third kappa shape index (κ3) is 1.97. The third-order valence-corrected chi connectivity index (χ3v) is 3.64. The summed E-state index contributed by atoms with van der Waals surface area (Å²) >= 11 is 0. The minimum atomic E-state index is -0.518. The Morgan fingerprint density at radius 2 is 1.89 bits per heavy atom. The minimum absolute atomic E-state index is 0.273. The largest absolute Gasteiger partial charge is 0.240 e. The first-order valence-corrected chi connectivity index (χ1v) is 6.24. The Kier molecular flexibility index (Phi) is 2.75. The maximum absolute atomic E-state index is 12.9. The van der Waals surface area contributed by atoms with Gasteiger partial charge in [0.25, 0.3) is 0 Å².